The molecule has 3 nitrogen and oxygen atoms in total. The molecule has 0 aliphatic rings. The van der Waals surface area contributed by atoms with E-state index >= 15 is 0 Å². The average molecular weight is 255 g/mol. The number of amides is 1. The van der Waals surface area contributed by atoms with E-state index in [9.17, 15) is 4.79 Å². The standard InChI is InChI=1S/C10H11BrN2O/c1-2-5-13-10(14)7-3-4-8(11)9(12)6-7/h2-4,6H,1,5,12H2,(H,13,14). The first kappa shape index (κ1) is 10.8. The zero-order valence-corrected chi connectivity index (χ0v) is 9.17. The van der Waals surface area contributed by atoms with Crippen molar-refractivity contribution in [1.82, 2.24) is 5.32 Å². The van der Waals surface area contributed by atoms with Crippen LogP contribution in [0.5, 0.6) is 0 Å². The normalized spacial score (nSPS) is 9.50. The quantitative estimate of drug-likeness (QED) is 0.640. The molecule has 3 N–H and O–H groups in total. The highest BCUT2D eigenvalue weighted by molar-refractivity contribution is 9.10. The molecule has 0 aliphatic heterocycles. The van der Waals surface area contributed by atoms with Crippen molar-refractivity contribution in [2.45, 2.75) is 0 Å². The van der Waals surface area contributed by atoms with Gasteiger partial charge < -0.3 is 11.1 Å². The van der Waals surface area contributed by atoms with Gasteiger partial charge in [-0.3, -0.25) is 4.79 Å². The number of anilines is 1. The van der Waals surface area contributed by atoms with Crippen LogP contribution in [-0.2, 0) is 0 Å². The lowest BCUT2D eigenvalue weighted by Crippen LogP contribution is -2.23. The number of hydrogen-bond donors (Lipinski definition) is 2. The Morgan fingerprint density at radius 1 is 1.64 bits per heavy atom. The molecule has 1 aromatic rings. The summed E-state index contributed by atoms with van der Waals surface area (Å²) in [5.41, 5.74) is 6.74. The van der Waals surface area contributed by atoms with Crippen molar-refractivity contribution in [2.75, 3.05) is 12.3 Å². The second-order valence-electron chi connectivity index (χ2n) is 2.73. The van der Waals surface area contributed by atoms with Crippen LogP contribution in [0.1, 0.15) is 10.4 Å². The van der Waals surface area contributed by atoms with Gasteiger partial charge in [-0.05, 0) is 34.1 Å². The van der Waals surface area contributed by atoms with Gasteiger partial charge >= 0.3 is 0 Å². The lowest BCUT2D eigenvalue weighted by Gasteiger charge is -2.04. The number of nitrogens with one attached hydrogen (secondary N) is 1. The molecule has 74 valence electrons. The number of rotatable bonds is 3. The van der Waals surface area contributed by atoms with E-state index in [2.05, 4.69) is 27.8 Å². The molecule has 0 heterocycles. The molecule has 4 heteroatoms. The maximum Gasteiger partial charge on any atom is 0.251 e. The molecule has 0 aromatic heterocycles. The maximum absolute atomic E-state index is 11.4. The average Bonchev–Trinajstić information content (AvgIpc) is 2.18. The predicted molar refractivity (Wildman–Crippen MR) is 61.1 cm³/mol. The predicted octanol–water partition coefficient (Wildman–Crippen LogP) is 1.95. The topological polar surface area (TPSA) is 55.1 Å². The van der Waals surface area contributed by atoms with Gasteiger partial charge in [0.25, 0.3) is 5.91 Å². The SMILES string of the molecule is C=CCNC(=O)c1ccc(Br)c(N)c1. The zero-order valence-electron chi connectivity index (χ0n) is 7.59. The number of hydrogen-bond acceptors (Lipinski definition) is 2. The van der Waals surface area contributed by atoms with Gasteiger partial charge in [0.05, 0.1) is 0 Å². The Bertz CT molecular complexity index is 363. The van der Waals surface area contributed by atoms with Gasteiger partial charge in [-0.1, -0.05) is 6.08 Å². The number of nitrogen functional groups attached to an aromatic ring is 1. The van der Waals surface area contributed by atoms with Crippen LogP contribution in [0.2, 0.25) is 0 Å². The fourth-order valence-electron chi connectivity index (χ4n) is 0.952. The largest absolute Gasteiger partial charge is 0.398 e. The summed E-state index contributed by atoms with van der Waals surface area (Å²) in [5, 5.41) is 2.67. The van der Waals surface area contributed by atoms with Crippen molar-refractivity contribution in [3.63, 3.8) is 0 Å². The van der Waals surface area contributed by atoms with Gasteiger partial charge in [0.15, 0.2) is 0 Å². The highest BCUT2D eigenvalue weighted by atomic mass is 79.9. The third-order valence-electron chi connectivity index (χ3n) is 1.67. The first-order valence-corrected chi connectivity index (χ1v) is 4.88. The van der Waals surface area contributed by atoms with E-state index in [1.165, 1.54) is 0 Å². The van der Waals surface area contributed by atoms with Crippen molar-refractivity contribution < 1.29 is 4.79 Å². The fourth-order valence-corrected chi connectivity index (χ4v) is 1.20. The van der Waals surface area contributed by atoms with Crippen molar-refractivity contribution in [3.05, 3.63) is 40.9 Å². The zero-order chi connectivity index (χ0) is 10.6. The molecule has 14 heavy (non-hydrogen) atoms. The lowest BCUT2D eigenvalue weighted by molar-refractivity contribution is 0.0958. The smallest absolute Gasteiger partial charge is 0.251 e. The monoisotopic (exact) mass is 254 g/mol. The Balaban J connectivity index is 2.80. The van der Waals surface area contributed by atoms with Crippen LogP contribution >= 0.6 is 15.9 Å². The van der Waals surface area contributed by atoms with Crippen LogP contribution in [0, 0.1) is 0 Å². The highest BCUT2D eigenvalue weighted by Gasteiger charge is 2.05. The van der Waals surface area contributed by atoms with Gasteiger partial charge in [0, 0.05) is 22.3 Å². The second kappa shape index (κ2) is 4.81. The Labute approximate surface area is 91.1 Å². The van der Waals surface area contributed by atoms with Crippen molar-refractivity contribution in [2.24, 2.45) is 0 Å². The fraction of sp³-hybridized carbons (Fsp3) is 0.100. The summed E-state index contributed by atoms with van der Waals surface area (Å²) >= 11 is 3.26. The number of carbonyl (C=O) groups is 1. The molecular weight excluding hydrogens is 244 g/mol. The van der Waals surface area contributed by atoms with E-state index in [1.807, 2.05) is 0 Å². The van der Waals surface area contributed by atoms with Gasteiger partial charge in [0.1, 0.15) is 0 Å². The van der Waals surface area contributed by atoms with Crippen LogP contribution in [0.3, 0.4) is 0 Å². The summed E-state index contributed by atoms with van der Waals surface area (Å²) in [4.78, 5) is 11.4. The van der Waals surface area contributed by atoms with Gasteiger partial charge in [-0.15, -0.1) is 6.58 Å². The molecule has 1 amide bonds. The number of carbonyl (C=O) groups excluding carboxylic acids is 1. The van der Waals surface area contributed by atoms with Crippen LogP contribution in [-0.4, -0.2) is 12.5 Å². The summed E-state index contributed by atoms with van der Waals surface area (Å²) in [5.74, 6) is -0.149. The molecule has 0 unspecified atom stereocenters. The first-order valence-electron chi connectivity index (χ1n) is 4.09. The minimum atomic E-state index is -0.149. The molecule has 1 rings (SSSR count). The van der Waals surface area contributed by atoms with Crippen molar-refractivity contribution in [1.29, 1.82) is 0 Å². The van der Waals surface area contributed by atoms with E-state index < -0.39 is 0 Å². The Morgan fingerprint density at radius 2 is 2.36 bits per heavy atom. The summed E-state index contributed by atoms with van der Waals surface area (Å²) < 4.78 is 0.790. The van der Waals surface area contributed by atoms with Crippen LogP contribution in [0.4, 0.5) is 5.69 Å². The van der Waals surface area contributed by atoms with Crippen LogP contribution in [0.15, 0.2) is 35.3 Å². The van der Waals surface area contributed by atoms with E-state index in [1.54, 1.807) is 24.3 Å². The molecule has 0 saturated heterocycles. The molecule has 0 bridgehead atoms. The van der Waals surface area contributed by atoms with Crippen LogP contribution < -0.4 is 11.1 Å². The summed E-state index contributed by atoms with van der Waals surface area (Å²) in [6.07, 6.45) is 1.63. The second-order valence-corrected chi connectivity index (χ2v) is 3.59. The van der Waals surface area contributed by atoms with E-state index in [4.69, 9.17) is 5.73 Å². The lowest BCUT2D eigenvalue weighted by atomic mass is 10.2. The Hall–Kier alpha value is -1.29. The summed E-state index contributed by atoms with van der Waals surface area (Å²) in [6, 6.07) is 5.08. The molecule has 0 aliphatic carbocycles. The van der Waals surface area contributed by atoms with Gasteiger partial charge in [-0.25, -0.2) is 0 Å². The Kier molecular flexibility index (Phi) is 3.71. The molecule has 0 spiro atoms. The summed E-state index contributed by atoms with van der Waals surface area (Å²) in [6.45, 7) is 3.96. The molecule has 0 radical (unpaired) electrons. The number of halogens is 1. The van der Waals surface area contributed by atoms with E-state index in [0.29, 0.717) is 17.8 Å². The number of nitrogens with two attached hydrogens (primary N) is 1. The third kappa shape index (κ3) is 2.60. The summed E-state index contributed by atoms with van der Waals surface area (Å²) in [7, 11) is 0. The first-order chi connectivity index (χ1) is 6.65. The van der Waals surface area contributed by atoms with Gasteiger partial charge in [0.2, 0.25) is 0 Å². The minimum Gasteiger partial charge on any atom is -0.398 e. The van der Waals surface area contributed by atoms with Crippen LogP contribution in [0.25, 0.3) is 0 Å². The third-order valence-corrected chi connectivity index (χ3v) is 2.39. The van der Waals surface area contributed by atoms with E-state index in [-0.39, 0.29) is 5.91 Å². The van der Waals surface area contributed by atoms with E-state index in [0.717, 1.165) is 4.47 Å². The molecule has 0 atom stereocenters. The molecule has 0 saturated carbocycles. The van der Waals surface area contributed by atoms with Crippen molar-refractivity contribution in [3.8, 4) is 0 Å². The minimum absolute atomic E-state index is 0.149. The molecule has 0 fully saturated rings. The highest BCUT2D eigenvalue weighted by Crippen LogP contribution is 2.19. The van der Waals surface area contributed by atoms with Gasteiger partial charge in [-0.2, -0.15) is 0 Å². The maximum atomic E-state index is 11.4. The molecule has 1 aromatic carbocycles. The number of benzene rings is 1. The molecular formula is C10H11BrN2O. The van der Waals surface area contributed by atoms with Crippen molar-refractivity contribution >= 4 is 27.5 Å². The Morgan fingerprint density at radius 3 is 2.93 bits per heavy atom.